The van der Waals surface area contributed by atoms with Gasteiger partial charge in [-0.25, -0.2) is 4.98 Å². The van der Waals surface area contributed by atoms with E-state index in [-0.39, 0.29) is 0 Å². The van der Waals surface area contributed by atoms with Gasteiger partial charge in [-0.2, -0.15) is 0 Å². The van der Waals surface area contributed by atoms with Crippen molar-refractivity contribution in [3.8, 4) is 0 Å². The Balaban J connectivity index is 1.71. The number of rotatable bonds is 5. The van der Waals surface area contributed by atoms with Crippen LogP contribution in [0.2, 0.25) is 5.02 Å². The van der Waals surface area contributed by atoms with Crippen molar-refractivity contribution in [1.29, 1.82) is 0 Å². The van der Waals surface area contributed by atoms with Gasteiger partial charge in [0, 0.05) is 49.2 Å². The molecule has 0 fully saturated rings. The van der Waals surface area contributed by atoms with Gasteiger partial charge in [-0.3, -0.25) is 0 Å². The monoisotopic (exact) mass is 255 g/mol. The molecule has 16 heavy (non-hydrogen) atoms. The lowest BCUT2D eigenvalue weighted by atomic mass is 10.4. The molecule has 2 heterocycles. The maximum absolute atomic E-state index is 5.84. The third-order valence-electron chi connectivity index (χ3n) is 2.37. The Morgan fingerprint density at radius 3 is 3.06 bits per heavy atom. The van der Waals surface area contributed by atoms with Gasteiger partial charge in [0.25, 0.3) is 0 Å². The molecule has 2 rings (SSSR count). The predicted octanol–water partition coefficient (Wildman–Crippen LogP) is 2.47. The Labute approximate surface area is 104 Å². The first-order chi connectivity index (χ1) is 7.75. The van der Waals surface area contributed by atoms with Crippen molar-refractivity contribution in [3.63, 3.8) is 0 Å². The van der Waals surface area contributed by atoms with Crippen LogP contribution in [0.3, 0.4) is 0 Å². The van der Waals surface area contributed by atoms with Crippen molar-refractivity contribution in [1.82, 2.24) is 14.9 Å². The van der Waals surface area contributed by atoms with Gasteiger partial charge < -0.3 is 9.88 Å². The fourth-order valence-electron chi connectivity index (χ4n) is 1.50. The molecule has 0 spiro atoms. The summed E-state index contributed by atoms with van der Waals surface area (Å²) in [6, 6.07) is 2.00. The maximum atomic E-state index is 5.84. The van der Waals surface area contributed by atoms with Crippen LogP contribution in [0.1, 0.15) is 10.7 Å². The highest BCUT2D eigenvalue weighted by atomic mass is 35.5. The van der Waals surface area contributed by atoms with Crippen LogP contribution in [-0.2, 0) is 20.0 Å². The molecule has 0 aliphatic rings. The van der Waals surface area contributed by atoms with Gasteiger partial charge in [-0.15, -0.1) is 11.3 Å². The Morgan fingerprint density at radius 2 is 2.44 bits per heavy atom. The van der Waals surface area contributed by atoms with E-state index in [9.17, 15) is 0 Å². The second kappa shape index (κ2) is 5.48. The van der Waals surface area contributed by atoms with Gasteiger partial charge in [0.05, 0.1) is 5.02 Å². The molecule has 0 radical (unpaired) electrons. The summed E-state index contributed by atoms with van der Waals surface area (Å²) in [6.45, 7) is 1.81. The van der Waals surface area contributed by atoms with Crippen LogP contribution in [-0.4, -0.2) is 16.1 Å². The van der Waals surface area contributed by atoms with Crippen LogP contribution < -0.4 is 5.32 Å². The average Bonchev–Trinajstić information content (AvgIpc) is 2.83. The zero-order valence-electron chi connectivity index (χ0n) is 9.11. The molecule has 0 saturated heterocycles. The summed E-state index contributed by atoms with van der Waals surface area (Å²) >= 11 is 7.53. The molecule has 2 aromatic heterocycles. The van der Waals surface area contributed by atoms with Crippen LogP contribution in [0.4, 0.5) is 0 Å². The molecule has 0 unspecified atom stereocenters. The second-order valence-electron chi connectivity index (χ2n) is 3.61. The van der Waals surface area contributed by atoms with Gasteiger partial charge in [0.15, 0.2) is 0 Å². The molecule has 5 heteroatoms. The molecule has 86 valence electrons. The quantitative estimate of drug-likeness (QED) is 0.832. The van der Waals surface area contributed by atoms with Gasteiger partial charge in [-0.05, 0) is 6.07 Å². The van der Waals surface area contributed by atoms with Crippen molar-refractivity contribution in [2.45, 2.75) is 13.0 Å². The lowest BCUT2D eigenvalue weighted by Gasteiger charge is -2.03. The van der Waals surface area contributed by atoms with Crippen LogP contribution in [0.25, 0.3) is 0 Å². The number of nitrogens with one attached hydrogen (secondary N) is 1. The van der Waals surface area contributed by atoms with E-state index in [2.05, 4.69) is 10.3 Å². The number of nitrogens with zero attached hydrogens (tertiary/aromatic N) is 2. The molecule has 0 aliphatic heterocycles. The molecule has 0 amide bonds. The number of hydrogen-bond acceptors (Lipinski definition) is 3. The van der Waals surface area contributed by atoms with Gasteiger partial charge in [0.2, 0.25) is 0 Å². The molecule has 0 atom stereocenters. The summed E-state index contributed by atoms with van der Waals surface area (Å²) < 4.78 is 2.05. The van der Waals surface area contributed by atoms with E-state index in [1.165, 1.54) is 4.88 Å². The second-order valence-corrected chi connectivity index (χ2v) is 5.04. The van der Waals surface area contributed by atoms with Crippen molar-refractivity contribution < 1.29 is 0 Å². The third kappa shape index (κ3) is 3.07. The van der Waals surface area contributed by atoms with Gasteiger partial charge >= 0.3 is 0 Å². The van der Waals surface area contributed by atoms with Crippen LogP contribution >= 0.6 is 22.9 Å². The molecule has 0 aromatic carbocycles. The highest BCUT2D eigenvalue weighted by molar-refractivity contribution is 7.10. The lowest BCUT2D eigenvalue weighted by molar-refractivity contribution is 0.659. The summed E-state index contributed by atoms with van der Waals surface area (Å²) in [6.07, 6.45) is 4.74. The van der Waals surface area contributed by atoms with Gasteiger partial charge in [-0.1, -0.05) is 11.6 Å². The fraction of sp³-hybridized carbons (Fsp3) is 0.364. The Morgan fingerprint density at radius 1 is 1.56 bits per heavy atom. The number of hydrogen-bond donors (Lipinski definition) is 1. The largest absolute Gasteiger partial charge is 0.338 e. The molecule has 0 saturated carbocycles. The zero-order valence-corrected chi connectivity index (χ0v) is 10.7. The van der Waals surface area contributed by atoms with E-state index < -0.39 is 0 Å². The number of aryl methyl sites for hydroxylation is 1. The Kier molecular flexibility index (Phi) is 3.98. The highest BCUT2D eigenvalue weighted by Crippen LogP contribution is 2.18. The summed E-state index contributed by atoms with van der Waals surface area (Å²) in [4.78, 5) is 5.54. The van der Waals surface area contributed by atoms with E-state index in [1.807, 2.05) is 35.5 Å². The van der Waals surface area contributed by atoms with Crippen LogP contribution in [0.5, 0.6) is 0 Å². The zero-order chi connectivity index (χ0) is 11.4. The maximum Gasteiger partial charge on any atom is 0.109 e. The highest BCUT2D eigenvalue weighted by Gasteiger charge is 2.00. The van der Waals surface area contributed by atoms with Gasteiger partial charge in [0.1, 0.15) is 5.82 Å². The lowest BCUT2D eigenvalue weighted by Crippen LogP contribution is -2.17. The summed E-state index contributed by atoms with van der Waals surface area (Å²) in [5.74, 6) is 1.11. The van der Waals surface area contributed by atoms with E-state index in [1.54, 1.807) is 11.3 Å². The molecule has 3 nitrogen and oxygen atoms in total. The standard InChI is InChI=1S/C11H14ClN3S/c1-15-5-4-14-11(15)2-3-13-7-10-6-9(12)8-16-10/h4-6,8,13H,2-3,7H2,1H3. The average molecular weight is 256 g/mol. The van der Waals surface area contributed by atoms with Crippen LogP contribution in [0, 0.1) is 0 Å². The summed E-state index contributed by atoms with van der Waals surface area (Å²) in [5.41, 5.74) is 0. The predicted molar refractivity (Wildman–Crippen MR) is 67.9 cm³/mol. The Hall–Kier alpha value is -0.840. The minimum atomic E-state index is 0.825. The van der Waals surface area contributed by atoms with Crippen molar-refractivity contribution >= 4 is 22.9 Å². The van der Waals surface area contributed by atoms with E-state index >= 15 is 0 Å². The molecular weight excluding hydrogens is 242 g/mol. The molecule has 0 aliphatic carbocycles. The number of thiophene rings is 1. The first kappa shape index (κ1) is 11.6. The molecule has 1 N–H and O–H groups in total. The minimum Gasteiger partial charge on any atom is -0.338 e. The first-order valence-electron chi connectivity index (χ1n) is 5.15. The normalized spacial score (nSPS) is 10.9. The minimum absolute atomic E-state index is 0.825. The van der Waals surface area contributed by atoms with E-state index in [0.29, 0.717) is 0 Å². The van der Waals surface area contributed by atoms with E-state index in [0.717, 1.165) is 30.4 Å². The van der Waals surface area contributed by atoms with E-state index in [4.69, 9.17) is 11.6 Å². The van der Waals surface area contributed by atoms with Crippen molar-refractivity contribution in [3.05, 3.63) is 39.6 Å². The fourth-order valence-corrected chi connectivity index (χ4v) is 2.54. The summed E-state index contributed by atoms with van der Waals surface area (Å²) in [5, 5.41) is 6.16. The van der Waals surface area contributed by atoms with Crippen molar-refractivity contribution in [2.75, 3.05) is 6.54 Å². The SMILES string of the molecule is Cn1ccnc1CCNCc1cc(Cl)cs1. The number of halogens is 1. The summed E-state index contributed by atoms with van der Waals surface area (Å²) in [7, 11) is 2.02. The number of imidazole rings is 1. The smallest absolute Gasteiger partial charge is 0.109 e. The van der Waals surface area contributed by atoms with Crippen LogP contribution in [0.15, 0.2) is 23.8 Å². The van der Waals surface area contributed by atoms with Crippen molar-refractivity contribution in [2.24, 2.45) is 7.05 Å². The Bertz CT molecular complexity index is 450. The molecule has 0 bridgehead atoms. The first-order valence-corrected chi connectivity index (χ1v) is 6.41. The third-order valence-corrected chi connectivity index (χ3v) is 3.65. The molecular formula is C11H14ClN3S. The molecule has 2 aromatic rings. The topological polar surface area (TPSA) is 29.9 Å². The number of aromatic nitrogens is 2.